The Morgan fingerprint density at radius 3 is 2.67 bits per heavy atom. The third-order valence-electron chi connectivity index (χ3n) is 5.25. The first-order chi connectivity index (χ1) is 14.5. The average Bonchev–Trinajstić information content (AvgIpc) is 3.44. The number of thiophene rings is 1. The van der Waals surface area contributed by atoms with Crippen LogP contribution in [0.15, 0.2) is 46.4 Å². The molecule has 0 radical (unpaired) electrons. The summed E-state index contributed by atoms with van der Waals surface area (Å²) in [6.07, 6.45) is 6.51. The first-order valence-electron chi connectivity index (χ1n) is 10.0. The van der Waals surface area contributed by atoms with Crippen LogP contribution >= 0.6 is 11.3 Å². The lowest BCUT2D eigenvalue weighted by Gasteiger charge is -2.31. The van der Waals surface area contributed by atoms with Gasteiger partial charge in [0.15, 0.2) is 0 Å². The number of rotatable bonds is 9. The summed E-state index contributed by atoms with van der Waals surface area (Å²) < 4.78 is 5.19. The monoisotopic (exact) mass is 430 g/mol. The lowest BCUT2D eigenvalue weighted by molar-refractivity contribution is -0.137. The molecule has 8 heteroatoms. The van der Waals surface area contributed by atoms with Crippen LogP contribution in [0.5, 0.6) is 0 Å². The predicted octanol–water partition coefficient (Wildman–Crippen LogP) is 3.36. The molecule has 7 nitrogen and oxygen atoms in total. The van der Waals surface area contributed by atoms with E-state index in [0.29, 0.717) is 31.3 Å². The molecule has 30 heavy (non-hydrogen) atoms. The molecule has 1 atom stereocenters. The summed E-state index contributed by atoms with van der Waals surface area (Å²) in [6.45, 7) is 1.85. The van der Waals surface area contributed by atoms with E-state index in [0.717, 1.165) is 17.7 Å². The van der Waals surface area contributed by atoms with E-state index < -0.39 is 5.97 Å². The highest BCUT2D eigenvalue weighted by Crippen LogP contribution is 2.27. The number of carbonyl (C=O) groups is 3. The highest BCUT2D eigenvalue weighted by Gasteiger charge is 2.24. The van der Waals surface area contributed by atoms with Gasteiger partial charge in [0.2, 0.25) is 11.8 Å². The fraction of sp³-hybridized carbons (Fsp3) is 0.409. The molecule has 1 fully saturated rings. The van der Waals surface area contributed by atoms with Crippen molar-refractivity contribution in [1.82, 2.24) is 10.2 Å². The molecule has 3 rings (SSSR count). The fourth-order valence-electron chi connectivity index (χ4n) is 3.56. The molecule has 2 N–H and O–H groups in total. The molecule has 2 amide bonds. The molecule has 1 saturated heterocycles. The van der Waals surface area contributed by atoms with Crippen molar-refractivity contribution >= 4 is 35.2 Å². The van der Waals surface area contributed by atoms with Gasteiger partial charge in [-0.2, -0.15) is 0 Å². The maximum Gasteiger partial charge on any atom is 0.304 e. The summed E-state index contributed by atoms with van der Waals surface area (Å²) in [5.41, 5.74) is 0. The molecule has 1 aliphatic rings. The van der Waals surface area contributed by atoms with Gasteiger partial charge in [0.05, 0.1) is 12.7 Å². The van der Waals surface area contributed by atoms with Crippen molar-refractivity contribution in [2.24, 2.45) is 5.92 Å². The second-order valence-corrected chi connectivity index (χ2v) is 8.42. The zero-order chi connectivity index (χ0) is 21.3. The molecule has 0 aromatic carbocycles. The minimum Gasteiger partial charge on any atom is -0.481 e. The van der Waals surface area contributed by atoms with Crippen LogP contribution in [0.25, 0.3) is 6.08 Å². The number of piperidine rings is 1. The van der Waals surface area contributed by atoms with Gasteiger partial charge in [0, 0.05) is 42.9 Å². The number of aliphatic carboxylic acids is 1. The number of hydrogen-bond donors (Lipinski definition) is 2. The van der Waals surface area contributed by atoms with Gasteiger partial charge in [0.25, 0.3) is 0 Å². The Labute approximate surface area is 179 Å². The molecule has 0 bridgehead atoms. The SMILES string of the molecule is O=C(O)C[C@H](CC(=O)NCC1CCN(C(=O)/C=C/c2ccco2)CC1)c1cccs1. The summed E-state index contributed by atoms with van der Waals surface area (Å²) in [6, 6.07) is 7.30. The van der Waals surface area contributed by atoms with Gasteiger partial charge in [-0.25, -0.2) is 0 Å². The van der Waals surface area contributed by atoms with Crippen LogP contribution in [-0.4, -0.2) is 47.4 Å². The van der Waals surface area contributed by atoms with Gasteiger partial charge in [-0.3, -0.25) is 14.4 Å². The van der Waals surface area contributed by atoms with Gasteiger partial charge < -0.3 is 19.7 Å². The van der Waals surface area contributed by atoms with Crippen molar-refractivity contribution in [2.75, 3.05) is 19.6 Å². The summed E-state index contributed by atoms with van der Waals surface area (Å²) in [5.74, 6) is -0.422. The molecule has 2 aromatic heterocycles. The second-order valence-electron chi connectivity index (χ2n) is 7.44. The summed E-state index contributed by atoms with van der Waals surface area (Å²) in [4.78, 5) is 38.5. The Balaban J connectivity index is 1.40. The maximum absolute atomic E-state index is 12.4. The van der Waals surface area contributed by atoms with Gasteiger partial charge in [-0.15, -0.1) is 11.3 Å². The normalized spacial score (nSPS) is 15.9. The lowest BCUT2D eigenvalue weighted by Crippen LogP contribution is -2.41. The van der Waals surface area contributed by atoms with Crippen LogP contribution in [0.2, 0.25) is 0 Å². The Morgan fingerprint density at radius 2 is 2.03 bits per heavy atom. The van der Waals surface area contributed by atoms with Gasteiger partial charge in [0.1, 0.15) is 5.76 Å². The molecular weight excluding hydrogens is 404 g/mol. The third kappa shape index (κ3) is 6.59. The Bertz CT molecular complexity index is 852. The molecule has 0 aliphatic carbocycles. The quantitative estimate of drug-likeness (QED) is 0.594. The van der Waals surface area contributed by atoms with Crippen LogP contribution < -0.4 is 5.32 Å². The third-order valence-corrected chi connectivity index (χ3v) is 6.28. The molecule has 160 valence electrons. The number of nitrogens with zero attached hydrogens (tertiary/aromatic N) is 1. The predicted molar refractivity (Wildman–Crippen MR) is 114 cm³/mol. The largest absolute Gasteiger partial charge is 0.481 e. The number of furan rings is 1. The van der Waals surface area contributed by atoms with Crippen LogP contribution in [0, 0.1) is 5.92 Å². The van der Waals surface area contributed by atoms with Gasteiger partial charge in [-0.1, -0.05) is 6.07 Å². The van der Waals surface area contributed by atoms with E-state index in [1.54, 1.807) is 29.4 Å². The number of likely N-dealkylation sites (tertiary alicyclic amines) is 1. The molecule has 0 spiro atoms. The van der Waals surface area contributed by atoms with Crippen LogP contribution in [0.1, 0.15) is 42.2 Å². The highest BCUT2D eigenvalue weighted by atomic mass is 32.1. The number of carbonyl (C=O) groups excluding carboxylic acids is 2. The average molecular weight is 431 g/mol. The van der Waals surface area contributed by atoms with E-state index in [4.69, 9.17) is 9.52 Å². The van der Waals surface area contributed by atoms with Crippen LogP contribution in [-0.2, 0) is 14.4 Å². The molecule has 0 unspecified atom stereocenters. The first kappa shape index (κ1) is 21.8. The van der Waals surface area contributed by atoms with Crippen molar-refractivity contribution in [1.29, 1.82) is 0 Å². The van der Waals surface area contributed by atoms with E-state index >= 15 is 0 Å². The van der Waals surface area contributed by atoms with E-state index in [1.165, 1.54) is 17.4 Å². The van der Waals surface area contributed by atoms with Crippen molar-refractivity contribution in [3.63, 3.8) is 0 Å². The molecule has 1 aliphatic heterocycles. The number of carboxylic acids is 1. The van der Waals surface area contributed by atoms with Gasteiger partial charge in [-0.05, 0) is 48.4 Å². The Hall–Kier alpha value is -2.87. The molecule has 2 aromatic rings. The topological polar surface area (TPSA) is 99.8 Å². The van der Waals surface area contributed by atoms with Crippen molar-refractivity contribution in [2.45, 2.75) is 31.6 Å². The molecule has 0 saturated carbocycles. The van der Waals surface area contributed by atoms with E-state index in [1.807, 2.05) is 17.5 Å². The minimum atomic E-state index is -0.903. The minimum absolute atomic E-state index is 0.0404. The zero-order valence-electron chi connectivity index (χ0n) is 16.7. The molecule has 3 heterocycles. The van der Waals surface area contributed by atoms with Crippen LogP contribution in [0.3, 0.4) is 0 Å². The zero-order valence-corrected chi connectivity index (χ0v) is 17.5. The van der Waals surface area contributed by atoms with Crippen molar-refractivity contribution in [3.8, 4) is 0 Å². The maximum atomic E-state index is 12.4. The summed E-state index contributed by atoms with van der Waals surface area (Å²) in [5, 5.41) is 14.0. The van der Waals surface area contributed by atoms with Crippen molar-refractivity contribution < 1.29 is 23.9 Å². The van der Waals surface area contributed by atoms with E-state index in [2.05, 4.69) is 5.32 Å². The van der Waals surface area contributed by atoms with Crippen LogP contribution in [0.4, 0.5) is 0 Å². The standard InChI is InChI=1S/C22H26N2O5S/c25-20(13-17(14-22(27)28)19-4-2-12-30-19)23-15-16-7-9-24(10-8-16)21(26)6-5-18-3-1-11-29-18/h1-6,11-12,16-17H,7-10,13-15H2,(H,23,25)(H,27,28)/b6-5+/t17-/m0/s1. The van der Waals surface area contributed by atoms with Gasteiger partial charge >= 0.3 is 5.97 Å². The van der Waals surface area contributed by atoms with Crippen molar-refractivity contribution in [3.05, 3.63) is 52.6 Å². The Kier molecular flexibility index (Phi) is 7.84. The fourth-order valence-corrected chi connectivity index (χ4v) is 4.39. The molecular formula is C22H26N2O5S. The summed E-state index contributed by atoms with van der Waals surface area (Å²) >= 11 is 1.47. The van der Waals surface area contributed by atoms with E-state index in [-0.39, 0.29) is 30.6 Å². The number of amides is 2. The number of hydrogen-bond acceptors (Lipinski definition) is 5. The van der Waals surface area contributed by atoms with E-state index in [9.17, 15) is 14.4 Å². The first-order valence-corrected chi connectivity index (χ1v) is 10.9. The number of carboxylic acid groups (broad SMARTS) is 1. The summed E-state index contributed by atoms with van der Waals surface area (Å²) in [7, 11) is 0. The smallest absolute Gasteiger partial charge is 0.304 e. The number of nitrogens with one attached hydrogen (secondary N) is 1. The second kappa shape index (κ2) is 10.8. The lowest BCUT2D eigenvalue weighted by atomic mass is 9.95. The Morgan fingerprint density at radius 1 is 1.23 bits per heavy atom. The highest BCUT2D eigenvalue weighted by molar-refractivity contribution is 7.10.